The lowest BCUT2D eigenvalue weighted by atomic mass is 10.4. The van der Waals surface area contributed by atoms with E-state index in [9.17, 15) is 13.6 Å². The largest absolute Gasteiger partial charge is 0.324 e. The quantitative estimate of drug-likeness (QED) is 0.894. The minimum atomic E-state index is -0.533. The number of carbonyl (C=O) groups is 1. The van der Waals surface area contributed by atoms with E-state index in [0.29, 0.717) is 0 Å². The Balaban J connectivity index is 0.000000235. The molecular weight excluding hydrogens is 294 g/mol. The first kappa shape index (κ1) is 16.8. The van der Waals surface area contributed by atoms with E-state index in [4.69, 9.17) is 5.26 Å². The Bertz CT molecular complexity index is 694. The van der Waals surface area contributed by atoms with Crippen molar-refractivity contribution in [2.24, 2.45) is 0 Å². The van der Waals surface area contributed by atoms with E-state index in [-0.39, 0.29) is 23.3 Å². The normalized spacial score (nSPS) is 9.00. The summed E-state index contributed by atoms with van der Waals surface area (Å²) in [5.74, 6) is -1.14. The highest BCUT2D eigenvalue weighted by Crippen LogP contribution is 2.01. The van der Waals surface area contributed by atoms with Crippen LogP contribution in [0.3, 0.4) is 0 Å². The number of nitrogens with one attached hydrogen (secondary N) is 1. The Kier molecular flexibility index (Phi) is 6.18. The Morgan fingerprint density at radius 1 is 1.14 bits per heavy atom. The van der Waals surface area contributed by atoms with Crippen LogP contribution in [-0.4, -0.2) is 25.8 Å². The van der Waals surface area contributed by atoms with Gasteiger partial charge in [0.15, 0.2) is 17.5 Å². The molecule has 2 aromatic heterocycles. The Morgan fingerprint density at radius 2 is 1.59 bits per heavy atom. The smallest absolute Gasteiger partial charge is 0.232 e. The van der Waals surface area contributed by atoms with Crippen LogP contribution in [0.2, 0.25) is 0 Å². The number of nitrogens with zero attached hydrogens (tertiary/aromatic N) is 5. The third kappa shape index (κ3) is 5.79. The number of amides is 1. The lowest BCUT2D eigenvalue weighted by Crippen LogP contribution is -2.18. The van der Waals surface area contributed by atoms with E-state index < -0.39 is 11.6 Å². The summed E-state index contributed by atoms with van der Waals surface area (Å²) in [4.78, 5) is 24.6. The van der Waals surface area contributed by atoms with Gasteiger partial charge < -0.3 is 5.32 Å². The molecule has 0 aliphatic carbocycles. The average Bonchev–Trinajstić information content (AvgIpc) is 2.48. The summed E-state index contributed by atoms with van der Waals surface area (Å²) < 4.78 is 24.4. The standard InChI is InChI=1S/C8H8FN3O.C5H2FN3/c1-5(12-6(2)13)8-10-3-7(9)4-11-8;6-4-2-8-5(1-7)9-3-4/h3-4H,1H2,2H3,(H,12,13);2-3H. The van der Waals surface area contributed by atoms with Crippen LogP contribution in [0.25, 0.3) is 5.70 Å². The highest BCUT2D eigenvalue weighted by molar-refractivity contribution is 5.82. The minimum absolute atomic E-state index is 0.0172. The second-order valence-electron chi connectivity index (χ2n) is 3.72. The van der Waals surface area contributed by atoms with Gasteiger partial charge in [0.05, 0.1) is 30.5 Å². The molecule has 22 heavy (non-hydrogen) atoms. The summed E-state index contributed by atoms with van der Waals surface area (Å²) in [7, 11) is 0. The molecule has 2 heterocycles. The lowest BCUT2D eigenvalue weighted by molar-refractivity contribution is -0.117. The van der Waals surface area contributed by atoms with Crippen molar-refractivity contribution in [2.75, 3.05) is 0 Å². The van der Waals surface area contributed by atoms with Crippen molar-refractivity contribution >= 4 is 11.6 Å². The maximum atomic E-state index is 12.4. The molecule has 0 aromatic carbocycles. The Labute approximate surface area is 124 Å². The molecule has 7 nitrogen and oxygen atoms in total. The van der Waals surface area contributed by atoms with Crippen molar-refractivity contribution in [1.29, 1.82) is 5.26 Å². The summed E-state index contributed by atoms with van der Waals surface area (Å²) in [6, 6.07) is 1.67. The van der Waals surface area contributed by atoms with Gasteiger partial charge in [-0.2, -0.15) is 5.26 Å². The summed E-state index contributed by atoms with van der Waals surface area (Å²) in [6.07, 6.45) is 3.92. The van der Waals surface area contributed by atoms with Crippen LogP contribution in [0.1, 0.15) is 18.6 Å². The number of halogens is 2. The number of aromatic nitrogens is 4. The summed E-state index contributed by atoms with van der Waals surface area (Å²) in [5, 5.41) is 10.5. The van der Waals surface area contributed by atoms with Gasteiger partial charge in [0.25, 0.3) is 0 Å². The molecule has 0 aliphatic heterocycles. The molecule has 0 aliphatic rings. The molecule has 0 saturated carbocycles. The van der Waals surface area contributed by atoms with E-state index in [1.807, 2.05) is 0 Å². The van der Waals surface area contributed by atoms with Gasteiger partial charge in [-0.25, -0.2) is 28.7 Å². The molecule has 9 heteroatoms. The van der Waals surface area contributed by atoms with E-state index in [1.165, 1.54) is 6.92 Å². The van der Waals surface area contributed by atoms with E-state index in [0.717, 1.165) is 24.8 Å². The van der Waals surface area contributed by atoms with Gasteiger partial charge in [-0.1, -0.05) is 6.58 Å². The van der Waals surface area contributed by atoms with Gasteiger partial charge in [0.1, 0.15) is 6.07 Å². The van der Waals surface area contributed by atoms with Gasteiger partial charge in [0.2, 0.25) is 11.7 Å². The SMILES string of the molecule is C=C(NC(C)=O)c1ncc(F)cn1.N#Cc1ncc(F)cn1. The molecule has 0 unspecified atom stereocenters. The molecule has 0 fully saturated rings. The fourth-order valence-electron chi connectivity index (χ4n) is 1.11. The molecule has 1 N–H and O–H groups in total. The van der Waals surface area contributed by atoms with Gasteiger partial charge in [-0.15, -0.1) is 0 Å². The number of rotatable bonds is 2. The maximum Gasteiger partial charge on any atom is 0.232 e. The third-order valence-corrected chi connectivity index (χ3v) is 1.94. The van der Waals surface area contributed by atoms with Crippen molar-refractivity contribution in [3.8, 4) is 6.07 Å². The van der Waals surface area contributed by atoms with Gasteiger partial charge in [-0.3, -0.25) is 4.79 Å². The van der Waals surface area contributed by atoms with Crippen molar-refractivity contribution in [3.05, 3.63) is 54.6 Å². The lowest BCUT2D eigenvalue weighted by Gasteiger charge is -2.02. The number of hydrogen-bond acceptors (Lipinski definition) is 6. The zero-order valence-electron chi connectivity index (χ0n) is 11.4. The summed E-state index contributed by atoms with van der Waals surface area (Å²) in [6.45, 7) is 4.86. The first-order chi connectivity index (χ1) is 10.4. The minimum Gasteiger partial charge on any atom is -0.324 e. The molecular formula is C13H10F2N6O. The Morgan fingerprint density at radius 3 is 2.00 bits per heavy atom. The molecule has 0 radical (unpaired) electrons. The molecule has 0 atom stereocenters. The molecule has 0 bridgehead atoms. The van der Waals surface area contributed by atoms with Gasteiger partial charge in [0, 0.05) is 6.92 Å². The third-order valence-electron chi connectivity index (χ3n) is 1.94. The van der Waals surface area contributed by atoms with Gasteiger partial charge in [-0.05, 0) is 0 Å². The number of carbonyl (C=O) groups excluding carboxylic acids is 1. The van der Waals surface area contributed by atoms with Crippen LogP contribution >= 0.6 is 0 Å². The zero-order chi connectivity index (χ0) is 16.5. The first-order valence-electron chi connectivity index (χ1n) is 5.74. The average molecular weight is 304 g/mol. The van der Waals surface area contributed by atoms with Crippen molar-refractivity contribution in [1.82, 2.24) is 25.3 Å². The molecule has 112 valence electrons. The highest BCUT2D eigenvalue weighted by atomic mass is 19.1. The van der Waals surface area contributed by atoms with Crippen LogP contribution in [0.15, 0.2) is 31.4 Å². The van der Waals surface area contributed by atoms with E-state index >= 15 is 0 Å². The molecule has 2 rings (SSSR count). The zero-order valence-corrected chi connectivity index (χ0v) is 11.4. The molecule has 1 amide bonds. The summed E-state index contributed by atoms with van der Waals surface area (Å²) >= 11 is 0. The van der Waals surface area contributed by atoms with Crippen LogP contribution < -0.4 is 5.32 Å². The molecule has 2 aromatic rings. The number of hydrogen-bond donors (Lipinski definition) is 1. The predicted molar refractivity (Wildman–Crippen MR) is 71.5 cm³/mol. The van der Waals surface area contributed by atoms with Crippen LogP contribution in [-0.2, 0) is 4.79 Å². The molecule has 0 saturated heterocycles. The summed E-state index contributed by atoms with van der Waals surface area (Å²) in [5.41, 5.74) is 0.257. The van der Waals surface area contributed by atoms with Crippen LogP contribution in [0, 0.1) is 23.0 Å². The van der Waals surface area contributed by atoms with E-state index in [1.54, 1.807) is 6.07 Å². The predicted octanol–water partition coefficient (Wildman–Crippen LogP) is 1.21. The highest BCUT2D eigenvalue weighted by Gasteiger charge is 2.03. The van der Waals surface area contributed by atoms with Crippen molar-refractivity contribution < 1.29 is 13.6 Å². The maximum absolute atomic E-state index is 12.4. The number of nitriles is 1. The van der Waals surface area contributed by atoms with Crippen LogP contribution in [0.4, 0.5) is 8.78 Å². The first-order valence-corrected chi connectivity index (χ1v) is 5.74. The Hall–Kier alpha value is -3.28. The van der Waals surface area contributed by atoms with E-state index in [2.05, 4.69) is 31.8 Å². The van der Waals surface area contributed by atoms with Gasteiger partial charge >= 0.3 is 0 Å². The van der Waals surface area contributed by atoms with Crippen LogP contribution in [0.5, 0.6) is 0 Å². The monoisotopic (exact) mass is 304 g/mol. The second-order valence-corrected chi connectivity index (χ2v) is 3.72. The fourth-order valence-corrected chi connectivity index (χ4v) is 1.11. The fraction of sp³-hybridized carbons (Fsp3) is 0.0769. The molecule has 0 spiro atoms. The topological polar surface area (TPSA) is 104 Å². The van der Waals surface area contributed by atoms with Crippen molar-refractivity contribution in [2.45, 2.75) is 6.92 Å². The second kappa shape index (κ2) is 8.11. The van der Waals surface area contributed by atoms with Crippen molar-refractivity contribution in [3.63, 3.8) is 0 Å².